The van der Waals surface area contributed by atoms with Crippen molar-refractivity contribution in [1.82, 2.24) is 19.4 Å². The van der Waals surface area contributed by atoms with E-state index in [0.717, 1.165) is 6.54 Å². The second kappa shape index (κ2) is 9.86. The van der Waals surface area contributed by atoms with Crippen LogP contribution in [0.3, 0.4) is 0 Å². The molecule has 0 bridgehead atoms. The van der Waals surface area contributed by atoms with Gasteiger partial charge in [-0.15, -0.1) is 0 Å². The molecule has 0 aromatic carbocycles. The van der Waals surface area contributed by atoms with Gasteiger partial charge in [-0.25, -0.2) is 9.59 Å². The normalized spacial score (nSPS) is 22.1. The van der Waals surface area contributed by atoms with Gasteiger partial charge in [-0.05, 0) is 37.3 Å². The van der Waals surface area contributed by atoms with Crippen LogP contribution < -0.4 is 11.0 Å². The van der Waals surface area contributed by atoms with Crippen LogP contribution in [-0.4, -0.2) is 71.1 Å². The van der Waals surface area contributed by atoms with E-state index < -0.39 is 11.9 Å². The SMILES string of the molecule is CN1C=C(C(=O)Nc2ccn([C@H]3CC[C@@H](COC(=O)C4=CC=CN(C)C4)O3)c(=O)n2)C=CC1. The maximum absolute atomic E-state index is 12.5. The lowest BCUT2D eigenvalue weighted by atomic mass is 10.2. The Kier molecular flexibility index (Phi) is 6.74. The summed E-state index contributed by atoms with van der Waals surface area (Å²) in [5.74, 6) is -0.533. The standard InChI is InChI=1S/C23H27N5O5/c1-26-10-3-5-16(13-26)21(29)24-19-9-12-28(23(31)25-19)20-8-7-18(33-20)15-32-22(30)17-6-4-11-27(2)14-17/h3-6,9,11-13,18,20H,7-8,10,14-15H2,1-2H3,(H,24,25,29,31)/t18-,20+/m0/s1. The van der Waals surface area contributed by atoms with Crippen molar-refractivity contribution >= 4 is 17.7 Å². The molecule has 4 heterocycles. The Morgan fingerprint density at radius 3 is 2.88 bits per heavy atom. The number of esters is 1. The first-order chi connectivity index (χ1) is 15.9. The Morgan fingerprint density at radius 1 is 1.27 bits per heavy atom. The van der Waals surface area contributed by atoms with Gasteiger partial charge in [0.2, 0.25) is 0 Å². The van der Waals surface area contributed by atoms with Crippen molar-refractivity contribution in [3.63, 3.8) is 0 Å². The quantitative estimate of drug-likeness (QED) is 0.640. The summed E-state index contributed by atoms with van der Waals surface area (Å²) < 4.78 is 12.7. The summed E-state index contributed by atoms with van der Waals surface area (Å²) in [7, 11) is 3.75. The summed E-state index contributed by atoms with van der Waals surface area (Å²) in [4.78, 5) is 44.9. The zero-order chi connectivity index (χ0) is 23.4. The third-order valence-corrected chi connectivity index (χ3v) is 5.50. The molecule has 0 saturated carbocycles. The molecule has 0 aliphatic carbocycles. The Bertz CT molecular complexity index is 1100. The Morgan fingerprint density at radius 2 is 2.12 bits per heavy atom. The van der Waals surface area contributed by atoms with Crippen LogP contribution in [-0.2, 0) is 19.1 Å². The highest BCUT2D eigenvalue weighted by Gasteiger charge is 2.29. The van der Waals surface area contributed by atoms with Crippen molar-refractivity contribution in [2.45, 2.75) is 25.2 Å². The van der Waals surface area contributed by atoms with Crippen LogP contribution in [0.1, 0.15) is 19.1 Å². The lowest BCUT2D eigenvalue weighted by Crippen LogP contribution is -2.29. The van der Waals surface area contributed by atoms with Gasteiger partial charge in [0.1, 0.15) is 18.7 Å². The van der Waals surface area contributed by atoms with E-state index in [9.17, 15) is 14.4 Å². The van der Waals surface area contributed by atoms with Gasteiger partial charge in [0.15, 0.2) is 0 Å². The number of nitrogens with one attached hydrogen (secondary N) is 1. The zero-order valence-corrected chi connectivity index (χ0v) is 18.6. The number of hydrogen-bond acceptors (Lipinski definition) is 8. The fraction of sp³-hybridized carbons (Fsp3) is 0.391. The molecule has 1 aromatic heterocycles. The van der Waals surface area contributed by atoms with Crippen molar-refractivity contribution in [3.8, 4) is 0 Å². The maximum atomic E-state index is 12.5. The van der Waals surface area contributed by atoms with Crippen molar-refractivity contribution in [2.24, 2.45) is 0 Å². The Balaban J connectivity index is 1.31. The molecule has 3 aliphatic rings. The van der Waals surface area contributed by atoms with Gasteiger partial charge in [-0.3, -0.25) is 9.36 Å². The van der Waals surface area contributed by atoms with Crippen LogP contribution >= 0.6 is 0 Å². The predicted octanol–water partition coefficient (Wildman–Crippen LogP) is 1.17. The minimum absolute atomic E-state index is 0.119. The molecule has 10 nitrogen and oxygen atoms in total. The Hall–Kier alpha value is -3.66. The van der Waals surface area contributed by atoms with Gasteiger partial charge < -0.3 is 24.6 Å². The monoisotopic (exact) mass is 453 g/mol. The first kappa shape index (κ1) is 22.5. The summed E-state index contributed by atoms with van der Waals surface area (Å²) in [6, 6.07) is 1.56. The highest BCUT2D eigenvalue weighted by atomic mass is 16.6. The minimum atomic E-state index is -0.525. The molecule has 0 radical (unpaired) electrons. The minimum Gasteiger partial charge on any atom is -0.460 e. The summed E-state index contributed by atoms with van der Waals surface area (Å²) in [5, 5.41) is 2.65. The van der Waals surface area contributed by atoms with Gasteiger partial charge in [-0.2, -0.15) is 4.98 Å². The van der Waals surface area contributed by atoms with E-state index >= 15 is 0 Å². The summed E-state index contributed by atoms with van der Waals surface area (Å²) in [6.07, 6.45) is 12.8. The fourth-order valence-electron chi connectivity index (χ4n) is 3.79. The van der Waals surface area contributed by atoms with Crippen molar-refractivity contribution in [2.75, 3.05) is 39.1 Å². The number of allylic oxidation sites excluding steroid dienone is 2. The molecule has 1 N–H and O–H groups in total. The molecule has 0 spiro atoms. The average Bonchev–Trinajstić information content (AvgIpc) is 3.26. The smallest absolute Gasteiger partial charge is 0.351 e. The van der Waals surface area contributed by atoms with E-state index in [2.05, 4.69) is 10.3 Å². The first-order valence-electron chi connectivity index (χ1n) is 10.8. The largest absolute Gasteiger partial charge is 0.460 e. The third kappa shape index (κ3) is 5.58. The van der Waals surface area contributed by atoms with E-state index in [-0.39, 0.29) is 30.4 Å². The Labute approximate surface area is 191 Å². The number of hydrogen-bond donors (Lipinski definition) is 1. The van der Waals surface area contributed by atoms with Crippen molar-refractivity contribution < 1.29 is 19.1 Å². The summed E-state index contributed by atoms with van der Waals surface area (Å²) in [6.45, 7) is 1.35. The number of amides is 1. The molecule has 33 heavy (non-hydrogen) atoms. The van der Waals surface area contributed by atoms with E-state index in [4.69, 9.17) is 9.47 Å². The van der Waals surface area contributed by atoms with Crippen LogP contribution in [0.15, 0.2) is 64.9 Å². The second-order valence-corrected chi connectivity index (χ2v) is 8.22. The number of aromatic nitrogens is 2. The average molecular weight is 453 g/mol. The maximum Gasteiger partial charge on any atom is 0.351 e. The number of nitrogens with zero attached hydrogens (tertiary/aromatic N) is 4. The number of carbonyl (C=O) groups is 2. The lowest BCUT2D eigenvalue weighted by Gasteiger charge is -2.20. The van der Waals surface area contributed by atoms with Gasteiger partial charge in [0.25, 0.3) is 5.91 Å². The zero-order valence-electron chi connectivity index (χ0n) is 18.6. The van der Waals surface area contributed by atoms with Crippen LogP contribution in [0.5, 0.6) is 0 Å². The topological polar surface area (TPSA) is 106 Å². The van der Waals surface area contributed by atoms with Gasteiger partial charge in [0, 0.05) is 39.6 Å². The van der Waals surface area contributed by atoms with E-state index in [1.165, 1.54) is 4.57 Å². The molecule has 2 atom stereocenters. The highest BCUT2D eigenvalue weighted by molar-refractivity contribution is 6.05. The molecule has 174 valence electrons. The van der Waals surface area contributed by atoms with Crippen molar-refractivity contribution in [1.29, 1.82) is 0 Å². The molecule has 3 aliphatic heterocycles. The summed E-state index contributed by atoms with van der Waals surface area (Å²) in [5.41, 5.74) is 0.541. The van der Waals surface area contributed by atoms with Crippen LogP contribution in [0, 0.1) is 0 Å². The van der Waals surface area contributed by atoms with Gasteiger partial charge in [-0.1, -0.05) is 12.2 Å². The molecular weight excluding hydrogens is 426 g/mol. The molecule has 10 heteroatoms. The van der Waals surface area contributed by atoms with Crippen molar-refractivity contribution in [3.05, 3.63) is 70.6 Å². The first-order valence-corrected chi connectivity index (χ1v) is 10.8. The molecular formula is C23H27N5O5. The highest BCUT2D eigenvalue weighted by Crippen LogP contribution is 2.27. The number of rotatable bonds is 6. The lowest BCUT2D eigenvalue weighted by molar-refractivity contribution is -0.144. The number of likely N-dealkylation sites (N-methyl/N-ethyl adjacent to an activating group) is 2. The second-order valence-electron chi connectivity index (χ2n) is 8.22. The van der Waals surface area contributed by atoms with Crippen LogP contribution in [0.2, 0.25) is 0 Å². The molecule has 4 rings (SSSR count). The molecule has 0 unspecified atom stereocenters. The molecule has 1 amide bonds. The number of anilines is 1. The van der Waals surface area contributed by atoms with E-state index in [1.807, 2.05) is 36.2 Å². The third-order valence-electron chi connectivity index (χ3n) is 5.50. The fourth-order valence-corrected chi connectivity index (χ4v) is 3.79. The molecule has 1 saturated heterocycles. The van der Waals surface area contributed by atoms with E-state index in [0.29, 0.717) is 30.5 Å². The molecule has 1 fully saturated rings. The number of carbonyl (C=O) groups excluding carboxylic acids is 2. The van der Waals surface area contributed by atoms with Gasteiger partial charge in [0.05, 0.1) is 17.3 Å². The van der Waals surface area contributed by atoms with E-state index in [1.54, 1.807) is 36.7 Å². The van der Waals surface area contributed by atoms with Crippen LogP contribution in [0.4, 0.5) is 5.82 Å². The summed E-state index contributed by atoms with van der Waals surface area (Å²) >= 11 is 0. The van der Waals surface area contributed by atoms with Crippen LogP contribution in [0.25, 0.3) is 0 Å². The molecule has 1 aromatic rings. The predicted molar refractivity (Wildman–Crippen MR) is 121 cm³/mol. The number of ether oxygens (including phenoxy) is 2. The van der Waals surface area contributed by atoms with Gasteiger partial charge >= 0.3 is 11.7 Å².